The van der Waals surface area contributed by atoms with E-state index in [0.717, 1.165) is 18.5 Å². The van der Waals surface area contributed by atoms with Crippen molar-refractivity contribution in [2.45, 2.75) is 33.4 Å². The summed E-state index contributed by atoms with van der Waals surface area (Å²) in [7, 11) is 0. The van der Waals surface area contributed by atoms with Crippen molar-refractivity contribution in [1.29, 1.82) is 0 Å². The van der Waals surface area contributed by atoms with Gasteiger partial charge in [-0.3, -0.25) is 0 Å². The summed E-state index contributed by atoms with van der Waals surface area (Å²) >= 11 is 0. The molecule has 0 saturated heterocycles. The van der Waals surface area contributed by atoms with Gasteiger partial charge in [-0.1, -0.05) is 31.2 Å². The van der Waals surface area contributed by atoms with Crippen molar-refractivity contribution in [2.75, 3.05) is 6.54 Å². The van der Waals surface area contributed by atoms with Crippen LogP contribution < -0.4 is 5.32 Å². The lowest BCUT2D eigenvalue weighted by molar-refractivity contribution is 0.139. The van der Waals surface area contributed by atoms with Gasteiger partial charge in [0.2, 0.25) is 0 Å². The molecule has 1 aromatic heterocycles. The van der Waals surface area contributed by atoms with Crippen molar-refractivity contribution in [3.8, 4) is 0 Å². The molecule has 0 atom stereocenters. The predicted molar refractivity (Wildman–Crippen MR) is 93.6 cm³/mol. The van der Waals surface area contributed by atoms with Crippen LogP contribution in [0, 0.1) is 0 Å². The normalized spacial score (nSPS) is 11.0. The molecule has 0 unspecified atom stereocenters. The number of alkyl carbamates (subject to hydrolysis) is 1. The number of fused-ring (bicyclic) bond motifs is 3. The zero-order valence-electron chi connectivity index (χ0n) is 13.6. The summed E-state index contributed by atoms with van der Waals surface area (Å²) < 4.78 is 7.58. The highest BCUT2D eigenvalue weighted by molar-refractivity contribution is 6.08. The van der Waals surface area contributed by atoms with Crippen LogP contribution in [0.2, 0.25) is 0 Å². The van der Waals surface area contributed by atoms with E-state index >= 15 is 0 Å². The molecule has 0 bridgehead atoms. The highest BCUT2D eigenvalue weighted by atomic mass is 16.5. The molecule has 4 nitrogen and oxygen atoms in total. The molecule has 0 fully saturated rings. The number of aromatic nitrogens is 1. The maximum Gasteiger partial charge on any atom is 0.407 e. The van der Waals surface area contributed by atoms with Gasteiger partial charge in [-0.25, -0.2) is 4.79 Å². The molecule has 0 radical (unpaired) electrons. The number of carbonyl (C=O) groups is 1. The molecule has 23 heavy (non-hydrogen) atoms. The van der Waals surface area contributed by atoms with Crippen LogP contribution in [0.5, 0.6) is 0 Å². The molecular weight excluding hydrogens is 288 g/mol. The zero-order chi connectivity index (χ0) is 16.2. The van der Waals surface area contributed by atoms with Crippen molar-refractivity contribution in [2.24, 2.45) is 0 Å². The molecule has 0 aliphatic carbocycles. The van der Waals surface area contributed by atoms with Gasteiger partial charge in [0.1, 0.15) is 6.61 Å². The first-order valence-electron chi connectivity index (χ1n) is 8.15. The van der Waals surface area contributed by atoms with Crippen LogP contribution >= 0.6 is 0 Å². The fourth-order valence-electron chi connectivity index (χ4n) is 2.96. The Balaban J connectivity index is 1.90. The monoisotopic (exact) mass is 310 g/mol. The lowest BCUT2D eigenvalue weighted by Gasteiger charge is -2.07. The van der Waals surface area contributed by atoms with E-state index in [1.165, 1.54) is 21.8 Å². The predicted octanol–water partition coefficient (Wildman–Crippen LogP) is 4.45. The number of hydrogen-bond donors (Lipinski definition) is 1. The third-order valence-corrected chi connectivity index (χ3v) is 4.04. The first-order valence-corrected chi connectivity index (χ1v) is 8.15. The van der Waals surface area contributed by atoms with Gasteiger partial charge in [-0.2, -0.15) is 0 Å². The SMILES string of the molecule is CCCNC(=O)OCc1ccc2c(c1)c1ccccc1n2CC. The largest absolute Gasteiger partial charge is 0.445 e. The van der Waals surface area contributed by atoms with E-state index in [1.54, 1.807) is 0 Å². The van der Waals surface area contributed by atoms with Crippen LogP contribution in [0.25, 0.3) is 21.8 Å². The van der Waals surface area contributed by atoms with E-state index in [9.17, 15) is 4.79 Å². The fourth-order valence-corrected chi connectivity index (χ4v) is 2.96. The first kappa shape index (κ1) is 15.4. The molecule has 4 heteroatoms. The quantitative estimate of drug-likeness (QED) is 0.756. The summed E-state index contributed by atoms with van der Waals surface area (Å²) in [6, 6.07) is 14.7. The van der Waals surface area contributed by atoms with Gasteiger partial charge in [-0.05, 0) is 37.1 Å². The number of amides is 1. The standard InChI is InChI=1S/C19H22N2O2/c1-3-11-20-19(22)23-13-14-9-10-18-16(12-14)15-7-5-6-8-17(15)21(18)4-2/h5-10,12H,3-4,11,13H2,1-2H3,(H,20,22). The molecule has 1 N–H and O–H groups in total. The Kier molecular flexibility index (Phi) is 4.51. The van der Waals surface area contributed by atoms with E-state index in [1.807, 2.05) is 13.0 Å². The zero-order valence-corrected chi connectivity index (χ0v) is 13.6. The molecule has 1 amide bonds. The minimum Gasteiger partial charge on any atom is -0.445 e. The first-order chi connectivity index (χ1) is 11.2. The second-order valence-electron chi connectivity index (χ2n) is 5.62. The van der Waals surface area contributed by atoms with Crippen molar-refractivity contribution in [3.05, 3.63) is 48.0 Å². The Morgan fingerprint density at radius 1 is 1.09 bits per heavy atom. The maximum absolute atomic E-state index is 11.6. The average Bonchev–Trinajstić information content (AvgIpc) is 2.91. The molecule has 1 heterocycles. The van der Waals surface area contributed by atoms with Gasteiger partial charge in [-0.15, -0.1) is 0 Å². The van der Waals surface area contributed by atoms with Gasteiger partial charge < -0.3 is 14.6 Å². The van der Waals surface area contributed by atoms with Crippen LogP contribution in [0.15, 0.2) is 42.5 Å². The number of benzene rings is 2. The van der Waals surface area contributed by atoms with Gasteiger partial charge in [0.05, 0.1) is 0 Å². The third kappa shape index (κ3) is 3.02. The summed E-state index contributed by atoms with van der Waals surface area (Å²) in [5.41, 5.74) is 3.46. The number of hydrogen-bond acceptors (Lipinski definition) is 2. The minimum atomic E-state index is -0.358. The second kappa shape index (κ2) is 6.73. The second-order valence-corrected chi connectivity index (χ2v) is 5.62. The Bertz CT molecular complexity index is 836. The van der Waals surface area contributed by atoms with Gasteiger partial charge in [0.15, 0.2) is 0 Å². The smallest absolute Gasteiger partial charge is 0.407 e. The lowest BCUT2D eigenvalue weighted by Crippen LogP contribution is -2.24. The molecule has 120 valence electrons. The van der Waals surface area contributed by atoms with Crippen molar-refractivity contribution < 1.29 is 9.53 Å². The molecule has 3 aromatic rings. The molecule has 0 aliphatic heterocycles. The van der Waals surface area contributed by atoms with Gasteiger partial charge >= 0.3 is 6.09 Å². The molecule has 0 aliphatic rings. The fraction of sp³-hybridized carbons (Fsp3) is 0.316. The average molecular weight is 310 g/mol. The number of ether oxygens (including phenoxy) is 1. The molecule has 3 rings (SSSR count). The van der Waals surface area contributed by atoms with E-state index in [-0.39, 0.29) is 12.7 Å². The van der Waals surface area contributed by atoms with E-state index in [2.05, 4.69) is 53.2 Å². The molecule has 0 spiro atoms. The van der Waals surface area contributed by atoms with Crippen LogP contribution in [-0.2, 0) is 17.9 Å². The Morgan fingerprint density at radius 3 is 2.65 bits per heavy atom. The maximum atomic E-state index is 11.6. The summed E-state index contributed by atoms with van der Waals surface area (Å²) in [5.74, 6) is 0. The molecular formula is C19H22N2O2. The number of nitrogens with one attached hydrogen (secondary N) is 1. The summed E-state index contributed by atoms with van der Waals surface area (Å²) in [6.07, 6.45) is 0.542. The molecule has 0 saturated carbocycles. The highest BCUT2D eigenvalue weighted by Crippen LogP contribution is 2.29. The third-order valence-electron chi connectivity index (χ3n) is 4.04. The number of aryl methyl sites for hydroxylation is 1. The number of rotatable bonds is 5. The van der Waals surface area contributed by atoms with Crippen LogP contribution in [0.4, 0.5) is 4.79 Å². The number of para-hydroxylation sites is 1. The number of carbonyl (C=O) groups excluding carboxylic acids is 1. The van der Waals surface area contributed by atoms with E-state index < -0.39 is 0 Å². The van der Waals surface area contributed by atoms with Crippen LogP contribution in [0.3, 0.4) is 0 Å². The van der Waals surface area contributed by atoms with Crippen molar-refractivity contribution in [3.63, 3.8) is 0 Å². The van der Waals surface area contributed by atoms with Crippen LogP contribution in [0.1, 0.15) is 25.8 Å². The van der Waals surface area contributed by atoms with E-state index in [4.69, 9.17) is 4.74 Å². The Hall–Kier alpha value is -2.49. The van der Waals surface area contributed by atoms with Gasteiger partial charge in [0, 0.05) is 34.9 Å². The Labute approximate surface area is 136 Å². The topological polar surface area (TPSA) is 43.3 Å². The van der Waals surface area contributed by atoms with Crippen molar-refractivity contribution >= 4 is 27.9 Å². The number of nitrogens with zero attached hydrogens (tertiary/aromatic N) is 1. The van der Waals surface area contributed by atoms with Crippen molar-refractivity contribution in [1.82, 2.24) is 9.88 Å². The minimum absolute atomic E-state index is 0.289. The summed E-state index contributed by atoms with van der Waals surface area (Å²) in [6.45, 7) is 6.02. The summed E-state index contributed by atoms with van der Waals surface area (Å²) in [5, 5.41) is 5.16. The van der Waals surface area contributed by atoms with Crippen LogP contribution in [-0.4, -0.2) is 17.2 Å². The molecule has 2 aromatic carbocycles. The van der Waals surface area contributed by atoms with E-state index in [0.29, 0.717) is 6.54 Å². The van der Waals surface area contributed by atoms with Gasteiger partial charge in [0.25, 0.3) is 0 Å². The Morgan fingerprint density at radius 2 is 1.87 bits per heavy atom. The highest BCUT2D eigenvalue weighted by Gasteiger charge is 2.10. The lowest BCUT2D eigenvalue weighted by atomic mass is 10.1. The summed E-state index contributed by atoms with van der Waals surface area (Å²) in [4.78, 5) is 11.6.